The third-order valence-electron chi connectivity index (χ3n) is 6.46. The van der Waals surface area contributed by atoms with Gasteiger partial charge in [0.15, 0.2) is 15.1 Å². The number of rotatable bonds is 9. The molecule has 0 saturated heterocycles. The standard InChI is InChI=1S/2C12H15N3O3S.C4H7N3O2S/c1-9-7-15(14-12(9)19(13,16)17)8-10-3-5-11(18-2)6-4-10;1-9-7-14-15(12(9)19(13,16)17)8-10-3-5-11(18-2)6-4-10;1-3-2-6-7-4(3)10(5,8)9/h2*3-7H,8H2,1-2H3,(H2,13,16,17);2H,1H3,(H,6,7)(H2,5,8,9). The fourth-order valence-electron chi connectivity index (χ4n) is 4.26. The number of ether oxygens (including phenoxy) is 2. The Balaban J connectivity index is 0.000000205. The van der Waals surface area contributed by atoms with E-state index in [1.165, 1.54) is 17.1 Å². The van der Waals surface area contributed by atoms with Gasteiger partial charge in [0.1, 0.15) is 11.5 Å². The lowest BCUT2D eigenvalue weighted by molar-refractivity contribution is 0.414. The molecule has 20 heteroatoms. The molecule has 0 aliphatic rings. The van der Waals surface area contributed by atoms with Gasteiger partial charge in [-0.15, -0.1) is 0 Å². The molecule has 3 heterocycles. The molecule has 0 atom stereocenters. The summed E-state index contributed by atoms with van der Waals surface area (Å²) < 4.78 is 79.9. The summed E-state index contributed by atoms with van der Waals surface area (Å²) >= 11 is 0. The molecule has 0 radical (unpaired) electrons. The highest BCUT2D eigenvalue weighted by atomic mass is 32.2. The number of primary sulfonamides is 3. The summed E-state index contributed by atoms with van der Waals surface area (Å²) in [7, 11) is -7.96. The van der Waals surface area contributed by atoms with Crippen molar-refractivity contribution in [2.45, 2.75) is 48.9 Å². The largest absolute Gasteiger partial charge is 0.497 e. The maximum atomic E-state index is 11.5. The van der Waals surface area contributed by atoms with E-state index >= 15 is 0 Å². The van der Waals surface area contributed by atoms with Crippen molar-refractivity contribution in [1.82, 2.24) is 29.8 Å². The second kappa shape index (κ2) is 15.5. The van der Waals surface area contributed by atoms with E-state index in [9.17, 15) is 25.3 Å². The van der Waals surface area contributed by atoms with Crippen LogP contribution in [-0.4, -0.2) is 69.2 Å². The first-order chi connectivity index (χ1) is 22.3. The molecule has 0 spiro atoms. The molecular weight excluding hydrogens is 687 g/mol. The first-order valence-electron chi connectivity index (χ1n) is 13.7. The Morgan fingerprint density at radius 2 is 1.21 bits per heavy atom. The number of aromatic nitrogens is 6. The molecule has 17 nitrogen and oxygen atoms in total. The van der Waals surface area contributed by atoms with Gasteiger partial charge in [0.2, 0.25) is 0 Å². The summed E-state index contributed by atoms with van der Waals surface area (Å²) in [5, 5.41) is 28.8. The SMILES string of the molecule is COc1ccc(Cn2cc(C)c(S(N)(=O)=O)n2)cc1.COc1ccc(Cn2ncc(C)c2S(N)(=O)=O)cc1.Cc1cn[nH]c1S(N)(=O)=O. The molecular formula is C28H37N9O8S3. The first-order valence-corrected chi connectivity index (χ1v) is 18.4. The van der Waals surface area contributed by atoms with Crippen molar-refractivity contribution >= 4 is 30.1 Å². The second-order valence-corrected chi connectivity index (χ2v) is 14.8. The molecule has 5 aromatic rings. The molecule has 0 amide bonds. The number of H-pyrrole nitrogens is 1. The van der Waals surface area contributed by atoms with Crippen LogP contribution < -0.4 is 24.9 Å². The van der Waals surface area contributed by atoms with Crippen LogP contribution in [0.3, 0.4) is 0 Å². The van der Waals surface area contributed by atoms with Crippen LogP contribution in [0.4, 0.5) is 0 Å². The van der Waals surface area contributed by atoms with Gasteiger partial charge in [0.05, 0.1) is 39.7 Å². The Kier molecular flexibility index (Phi) is 12.2. The Hall–Kier alpha value is -4.60. The number of methoxy groups -OCH3 is 2. The van der Waals surface area contributed by atoms with E-state index in [4.69, 9.17) is 24.9 Å². The van der Waals surface area contributed by atoms with Crippen LogP contribution in [0.25, 0.3) is 0 Å². The van der Waals surface area contributed by atoms with Gasteiger partial charge in [-0.25, -0.2) is 45.4 Å². The number of nitrogens with one attached hydrogen (secondary N) is 1. The molecule has 0 unspecified atom stereocenters. The summed E-state index contributed by atoms with van der Waals surface area (Å²) in [6.45, 7) is 5.75. The first kappa shape index (κ1) is 37.9. The van der Waals surface area contributed by atoms with Crippen molar-refractivity contribution in [3.63, 3.8) is 0 Å². The third-order valence-corrected chi connectivity index (χ3v) is 9.46. The zero-order valence-corrected chi connectivity index (χ0v) is 29.2. The lowest BCUT2D eigenvalue weighted by Gasteiger charge is -2.07. The van der Waals surface area contributed by atoms with Crippen LogP contribution in [0.1, 0.15) is 27.8 Å². The maximum Gasteiger partial charge on any atom is 0.257 e. The number of sulfonamides is 3. The minimum absolute atomic E-state index is 0.0208. The quantitative estimate of drug-likeness (QED) is 0.168. The second-order valence-electron chi connectivity index (χ2n) is 10.3. The van der Waals surface area contributed by atoms with Gasteiger partial charge in [0, 0.05) is 22.9 Å². The van der Waals surface area contributed by atoms with Crippen LogP contribution in [0, 0.1) is 20.8 Å². The molecule has 0 aliphatic carbocycles. The highest BCUT2D eigenvalue weighted by Gasteiger charge is 2.19. The Morgan fingerprint density at radius 1 is 0.688 bits per heavy atom. The molecule has 48 heavy (non-hydrogen) atoms. The van der Waals surface area contributed by atoms with E-state index < -0.39 is 30.1 Å². The Labute approximate surface area is 278 Å². The summed E-state index contributed by atoms with van der Waals surface area (Å²) in [5.74, 6) is 1.51. The van der Waals surface area contributed by atoms with Crippen molar-refractivity contribution in [1.29, 1.82) is 0 Å². The van der Waals surface area contributed by atoms with Crippen molar-refractivity contribution in [2.24, 2.45) is 15.4 Å². The van der Waals surface area contributed by atoms with E-state index in [-0.39, 0.29) is 15.1 Å². The maximum absolute atomic E-state index is 11.5. The highest BCUT2D eigenvalue weighted by molar-refractivity contribution is 7.89. The van der Waals surface area contributed by atoms with E-state index in [2.05, 4.69) is 20.4 Å². The molecule has 260 valence electrons. The van der Waals surface area contributed by atoms with E-state index in [0.717, 1.165) is 22.6 Å². The van der Waals surface area contributed by atoms with Gasteiger partial charge in [-0.2, -0.15) is 15.3 Å². The smallest absolute Gasteiger partial charge is 0.257 e. The van der Waals surface area contributed by atoms with Crippen molar-refractivity contribution < 1.29 is 34.7 Å². The minimum atomic E-state index is -3.78. The van der Waals surface area contributed by atoms with Gasteiger partial charge >= 0.3 is 0 Å². The summed E-state index contributed by atoms with van der Waals surface area (Å²) in [6, 6.07) is 14.8. The molecule has 3 aromatic heterocycles. The number of hydrogen-bond acceptors (Lipinski definition) is 11. The molecule has 0 saturated carbocycles. The number of nitrogens with two attached hydrogens (primary N) is 3. The van der Waals surface area contributed by atoms with Gasteiger partial charge in [0.25, 0.3) is 30.1 Å². The number of aryl methyl sites for hydroxylation is 3. The fourth-order valence-corrected chi connectivity index (χ4v) is 6.57. The molecule has 0 fully saturated rings. The molecule has 7 N–H and O–H groups in total. The average molecular weight is 724 g/mol. The lowest BCUT2D eigenvalue weighted by Crippen LogP contribution is -2.19. The predicted molar refractivity (Wildman–Crippen MR) is 176 cm³/mol. The molecule has 0 bridgehead atoms. The van der Waals surface area contributed by atoms with Gasteiger partial charge in [-0.05, 0) is 56.2 Å². The van der Waals surface area contributed by atoms with Crippen LogP contribution in [0.5, 0.6) is 11.5 Å². The average Bonchev–Trinajstić information content (AvgIpc) is 3.72. The van der Waals surface area contributed by atoms with Gasteiger partial charge in [-0.3, -0.25) is 9.78 Å². The van der Waals surface area contributed by atoms with Gasteiger partial charge < -0.3 is 9.47 Å². The normalized spacial score (nSPS) is 11.6. The number of aromatic amines is 1. The van der Waals surface area contributed by atoms with Crippen LogP contribution in [0.2, 0.25) is 0 Å². The Morgan fingerprint density at radius 3 is 1.58 bits per heavy atom. The summed E-state index contributed by atoms with van der Waals surface area (Å²) in [6.07, 6.45) is 4.55. The zero-order valence-electron chi connectivity index (χ0n) is 26.7. The van der Waals surface area contributed by atoms with Crippen LogP contribution in [-0.2, 0) is 43.2 Å². The zero-order chi connectivity index (χ0) is 35.9. The minimum Gasteiger partial charge on any atom is -0.497 e. The highest BCUT2D eigenvalue weighted by Crippen LogP contribution is 2.17. The topological polar surface area (TPSA) is 263 Å². The van der Waals surface area contributed by atoms with Crippen molar-refractivity contribution in [3.8, 4) is 11.5 Å². The molecule has 5 rings (SSSR count). The summed E-state index contributed by atoms with van der Waals surface area (Å²) in [5.41, 5.74) is 3.51. The molecule has 2 aromatic carbocycles. The van der Waals surface area contributed by atoms with Crippen LogP contribution >= 0.6 is 0 Å². The lowest BCUT2D eigenvalue weighted by atomic mass is 10.2. The van der Waals surface area contributed by atoms with Crippen molar-refractivity contribution in [3.05, 3.63) is 94.9 Å². The van der Waals surface area contributed by atoms with Crippen LogP contribution in [0.15, 0.2) is 82.2 Å². The number of benzene rings is 2. The third kappa shape index (κ3) is 10.5. The van der Waals surface area contributed by atoms with E-state index in [0.29, 0.717) is 29.8 Å². The Bertz CT molecular complexity index is 2160. The predicted octanol–water partition coefficient (Wildman–Crippen LogP) is 1.16. The number of nitrogens with zero attached hydrogens (tertiary/aromatic N) is 5. The fraction of sp³-hybridized carbons (Fsp3) is 0.250. The van der Waals surface area contributed by atoms with E-state index in [1.54, 1.807) is 45.9 Å². The van der Waals surface area contributed by atoms with Crippen molar-refractivity contribution in [2.75, 3.05) is 14.2 Å². The van der Waals surface area contributed by atoms with Gasteiger partial charge in [-0.1, -0.05) is 24.3 Å². The summed E-state index contributed by atoms with van der Waals surface area (Å²) in [4.78, 5) is 0. The number of hydrogen-bond donors (Lipinski definition) is 4. The van der Waals surface area contributed by atoms with E-state index in [1.807, 2.05) is 48.5 Å². The molecule has 0 aliphatic heterocycles. The monoisotopic (exact) mass is 723 g/mol.